The van der Waals surface area contributed by atoms with E-state index in [-0.39, 0.29) is 22.7 Å². The normalized spacial score (nSPS) is 15.6. The molecule has 1 aromatic carbocycles. The standard InChI is InChI=1S/C14H15IN4O3/c15-13(20)7-11(18-16)8-17-10-1-3-12(4-2-10)19-5-6-22-9-14(19)21/h1-4,8,16-17H,5-7,9H2/b11-8-,18-16?. The van der Waals surface area contributed by atoms with E-state index >= 15 is 0 Å². The Labute approximate surface area is 141 Å². The number of morpholine rings is 1. The molecule has 1 aliphatic heterocycles. The third-order valence-electron chi connectivity index (χ3n) is 3.03. The van der Waals surface area contributed by atoms with Gasteiger partial charge in [-0.3, -0.25) is 9.59 Å². The second-order valence-electron chi connectivity index (χ2n) is 4.57. The van der Waals surface area contributed by atoms with Crippen LogP contribution in [0.3, 0.4) is 0 Å². The van der Waals surface area contributed by atoms with Gasteiger partial charge in [-0.05, 0) is 46.9 Å². The number of allylic oxidation sites excluding steroid dienone is 1. The molecule has 0 atom stereocenters. The SMILES string of the molecule is N=N/C(=C\Nc1ccc(N2CCOCC2=O)cc1)CC(=O)I. The van der Waals surface area contributed by atoms with Crippen LogP contribution in [0.5, 0.6) is 0 Å². The zero-order valence-corrected chi connectivity index (χ0v) is 13.9. The fraction of sp³-hybridized carbons (Fsp3) is 0.286. The van der Waals surface area contributed by atoms with Gasteiger partial charge < -0.3 is 15.0 Å². The number of ether oxygens (including phenoxy) is 1. The highest BCUT2D eigenvalue weighted by Crippen LogP contribution is 2.20. The predicted molar refractivity (Wildman–Crippen MR) is 90.1 cm³/mol. The van der Waals surface area contributed by atoms with E-state index in [1.54, 1.807) is 27.5 Å². The summed E-state index contributed by atoms with van der Waals surface area (Å²) in [6, 6.07) is 7.31. The summed E-state index contributed by atoms with van der Waals surface area (Å²) in [5.74, 6) is -0.0531. The first kappa shape index (κ1) is 16.6. The van der Waals surface area contributed by atoms with Gasteiger partial charge in [-0.2, -0.15) is 5.11 Å². The van der Waals surface area contributed by atoms with E-state index in [0.29, 0.717) is 18.8 Å². The highest BCUT2D eigenvalue weighted by Gasteiger charge is 2.19. The van der Waals surface area contributed by atoms with Crippen LogP contribution in [0.4, 0.5) is 11.4 Å². The molecule has 0 aromatic heterocycles. The average molecular weight is 414 g/mol. The molecule has 2 rings (SSSR count). The number of rotatable bonds is 6. The van der Waals surface area contributed by atoms with Crippen molar-refractivity contribution in [3.8, 4) is 0 Å². The lowest BCUT2D eigenvalue weighted by Gasteiger charge is -2.26. The van der Waals surface area contributed by atoms with Crippen molar-refractivity contribution in [1.29, 1.82) is 5.53 Å². The van der Waals surface area contributed by atoms with Crippen molar-refractivity contribution in [3.05, 3.63) is 36.2 Å². The van der Waals surface area contributed by atoms with E-state index in [4.69, 9.17) is 10.3 Å². The number of amides is 1. The summed E-state index contributed by atoms with van der Waals surface area (Å²) in [4.78, 5) is 24.4. The van der Waals surface area contributed by atoms with Crippen molar-refractivity contribution < 1.29 is 14.3 Å². The van der Waals surface area contributed by atoms with Gasteiger partial charge in [-0.1, -0.05) is 0 Å². The summed E-state index contributed by atoms with van der Waals surface area (Å²) in [7, 11) is 0. The van der Waals surface area contributed by atoms with Gasteiger partial charge in [0.15, 0.2) is 3.79 Å². The van der Waals surface area contributed by atoms with Gasteiger partial charge in [0.1, 0.15) is 6.61 Å². The number of carbonyl (C=O) groups excluding carboxylic acids is 2. The van der Waals surface area contributed by atoms with Gasteiger partial charge in [-0.15, -0.1) is 0 Å². The first-order valence-corrected chi connectivity index (χ1v) is 7.67. The molecule has 2 N–H and O–H groups in total. The van der Waals surface area contributed by atoms with Crippen molar-refractivity contribution in [2.45, 2.75) is 6.42 Å². The monoisotopic (exact) mass is 414 g/mol. The largest absolute Gasteiger partial charge is 0.370 e. The Bertz CT molecular complexity index is 601. The van der Waals surface area contributed by atoms with E-state index in [0.717, 1.165) is 11.4 Å². The lowest BCUT2D eigenvalue weighted by molar-refractivity contribution is -0.125. The molecule has 1 saturated heterocycles. The Hall–Kier alpha value is -1.81. The van der Waals surface area contributed by atoms with Gasteiger partial charge in [0.05, 0.1) is 18.7 Å². The van der Waals surface area contributed by atoms with Crippen LogP contribution < -0.4 is 10.2 Å². The number of halogens is 1. The molecule has 0 bridgehead atoms. The summed E-state index contributed by atoms with van der Waals surface area (Å²) in [5, 5.41) is 6.28. The van der Waals surface area contributed by atoms with Crippen LogP contribution in [-0.2, 0) is 14.3 Å². The molecular formula is C14H15IN4O3. The van der Waals surface area contributed by atoms with Gasteiger partial charge in [0, 0.05) is 24.1 Å². The fourth-order valence-corrected chi connectivity index (χ4v) is 2.35. The first-order chi connectivity index (χ1) is 10.6. The maximum absolute atomic E-state index is 11.7. The Kier molecular flexibility index (Phi) is 6.01. The van der Waals surface area contributed by atoms with E-state index in [9.17, 15) is 9.59 Å². The number of anilines is 2. The minimum absolute atomic E-state index is 0.0531. The van der Waals surface area contributed by atoms with E-state index in [2.05, 4.69) is 10.4 Å². The van der Waals surface area contributed by atoms with Crippen LogP contribution >= 0.6 is 22.6 Å². The van der Waals surface area contributed by atoms with Gasteiger partial charge >= 0.3 is 0 Å². The molecule has 0 aliphatic carbocycles. The highest BCUT2D eigenvalue weighted by molar-refractivity contribution is 14.1. The average Bonchev–Trinajstić information content (AvgIpc) is 2.52. The topological polar surface area (TPSA) is 94.8 Å². The van der Waals surface area contributed by atoms with Crippen molar-refractivity contribution >= 4 is 43.7 Å². The minimum Gasteiger partial charge on any atom is -0.370 e. The molecular weight excluding hydrogens is 399 g/mol. The summed E-state index contributed by atoms with van der Waals surface area (Å²) < 4.78 is 5.02. The highest BCUT2D eigenvalue weighted by atomic mass is 127. The molecule has 0 unspecified atom stereocenters. The Morgan fingerprint density at radius 3 is 2.77 bits per heavy atom. The lowest BCUT2D eigenvalue weighted by atomic mass is 10.2. The third kappa shape index (κ3) is 4.60. The Morgan fingerprint density at radius 1 is 1.45 bits per heavy atom. The van der Waals surface area contributed by atoms with Crippen LogP contribution in [0, 0.1) is 5.53 Å². The smallest absolute Gasteiger partial charge is 0.253 e. The van der Waals surface area contributed by atoms with E-state index in [1.165, 1.54) is 6.20 Å². The van der Waals surface area contributed by atoms with Crippen molar-refractivity contribution in [1.82, 2.24) is 0 Å². The molecule has 116 valence electrons. The Balaban J connectivity index is 2.02. The van der Waals surface area contributed by atoms with Gasteiger partial charge in [0.2, 0.25) is 0 Å². The van der Waals surface area contributed by atoms with E-state index in [1.807, 2.05) is 24.3 Å². The molecule has 8 heteroatoms. The minimum atomic E-state index is -0.0807. The number of nitrogens with one attached hydrogen (secondary N) is 2. The van der Waals surface area contributed by atoms with Gasteiger partial charge in [0.25, 0.3) is 5.91 Å². The Morgan fingerprint density at radius 2 is 2.18 bits per heavy atom. The van der Waals surface area contributed by atoms with E-state index < -0.39 is 0 Å². The van der Waals surface area contributed by atoms with Crippen molar-refractivity contribution in [3.63, 3.8) is 0 Å². The molecule has 1 fully saturated rings. The molecule has 1 aliphatic rings. The zero-order chi connectivity index (χ0) is 15.9. The first-order valence-electron chi connectivity index (χ1n) is 6.59. The molecule has 22 heavy (non-hydrogen) atoms. The summed E-state index contributed by atoms with van der Waals surface area (Å²) in [6.45, 7) is 1.19. The lowest BCUT2D eigenvalue weighted by Crippen LogP contribution is -2.41. The molecule has 1 aromatic rings. The summed E-state index contributed by atoms with van der Waals surface area (Å²) in [5.41, 5.74) is 8.97. The molecule has 7 nitrogen and oxygen atoms in total. The predicted octanol–water partition coefficient (Wildman–Crippen LogP) is 2.69. The zero-order valence-electron chi connectivity index (χ0n) is 11.7. The summed E-state index contributed by atoms with van der Waals surface area (Å²) >= 11 is 1.67. The third-order valence-corrected chi connectivity index (χ3v) is 3.42. The maximum atomic E-state index is 11.7. The van der Waals surface area contributed by atoms with Crippen LogP contribution in [0.1, 0.15) is 6.42 Å². The van der Waals surface area contributed by atoms with Crippen LogP contribution in [0.2, 0.25) is 0 Å². The summed E-state index contributed by atoms with van der Waals surface area (Å²) in [6.07, 6.45) is 1.63. The maximum Gasteiger partial charge on any atom is 0.253 e. The molecule has 1 heterocycles. The van der Waals surface area contributed by atoms with Crippen molar-refractivity contribution in [2.75, 3.05) is 30.0 Å². The number of nitrogens with zero attached hydrogens (tertiary/aromatic N) is 2. The molecule has 0 saturated carbocycles. The number of carbonyl (C=O) groups is 2. The second kappa shape index (κ2) is 7.99. The number of benzene rings is 1. The molecule has 0 radical (unpaired) electrons. The van der Waals surface area contributed by atoms with Crippen LogP contribution in [0.15, 0.2) is 41.3 Å². The van der Waals surface area contributed by atoms with Crippen LogP contribution in [-0.4, -0.2) is 29.5 Å². The number of hydrogen-bond acceptors (Lipinski definition) is 6. The van der Waals surface area contributed by atoms with Crippen LogP contribution in [0.25, 0.3) is 0 Å². The van der Waals surface area contributed by atoms with Gasteiger partial charge in [-0.25, -0.2) is 5.53 Å². The molecule has 0 spiro atoms. The second-order valence-corrected chi connectivity index (χ2v) is 5.77. The van der Waals surface area contributed by atoms with Crippen molar-refractivity contribution in [2.24, 2.45) is 5.11 Å². The fourth-order valence-electron chi connectivity index (χ4n) is 1.96. The quantitative estimate of drug-likeness (QED) is 0.425. The molecule has 1 amide bonds. The number of hydrogen-bond donors (Lipinski definition) is 2.